The van der Waals surface area contributed by atoms with Crippen molar-refractivity contribution in [3.05, 3.63) is 63.9 Å². The van der Waals surface area contributed by atoms with Crippen molar-refractivity contribution in [1.82, 2.24) is 0 Å². The summed E-state index contributed by atoms with van der Waals surface area (Å²) in [5.74, 6) is -0.547. The number of methoxy groups -OCH3 is 1. The van der Waals surface area contributed by atoms with Crippen LogP contribution in [0.15, 0.2) is 46.9 Å². The molecule has 0 spiro atoms. The van der Waals surface area contributed by atoms with Crippen molar-refractivity contribution in [2.45, 2.75) is 0 Å². The van der Waals surface area contributed by atoms with Crippen molar-refractivity contribution in [1.29, 1.82) is 0 Å². The van der Waals surface area contributed by atoms with E-state index >= 15 is 0 Å². The topological polar surface area (TPSA) is 26.3 Å². The fourth-order valence-electron chi connectivity index (χ4n) is 1.59. The Morgan fingerprint density at radius 1 is 1.22 bits per heavy atom. The van der Waals surface area contributed by atoms with Crippen LogP contribution in [0.1, 0.15) is 15.9 Å². The molecule has 4 heteroatoms. The van der Waals surface area contributed by atoms with Gasteiger partial charge in [0.2, 0.25) is 0 Å². The molecule has 0 amide bonds. The summed E-state index contributed by atoms with van der Waals surface area (Å²) in [6, 6.07) is 11.0. The Balaban J connectivity index is 2.40. The lowest BCUT2D eigenvalue weighted by Crippen LogP contribution is -2.04. The Bertz CT molecular complexity index is 596. The lowest BCUT2D eigenvalue weighted by atomic mass is 10.0. The fraction of sp³-hybridized carbons (Fsp3) is 0.0714. The highest BCUT2D eigenvalue weighted by Crippen LogP contribution is 2.20. The van der Waals surface area contributed by atoms with Gasteiger partial charge in [0.25, 0.3) is 0 Å². The van der Waals surface area contributed by atoms with E-state index in [0.717, 1.165) is 4.47 Å². The molecular weight excluding hydrogens is 299 g/mol. The second-order valence-corrected chi connectivity index (χ2v) is 4.60. The van der Waals surface area contributed by atoms with E-state index in [9.17, 15) is 9.18 Å². The second-order valence-electron chi connectivity index (χ2n) is 3.69. The molecule has 18 heavy (non-hydrogen) atoms. The maximum absolute atomic E-state index is 13.8. The van der Waals surface area contributed by atoms with Crippen LogP contribution in [-0.4, -0.2) is 12.9 Å². The Kier molecular flexibility index (Phi) is 3.77. The first-order chi connectivity index (χ1) is 8.61. The van der Waals surface area contributed by atoms with E-state index in [2.05, 4.69) is 15.9 Å². The third kappa shape index (κ3) is 2.59. The molecule has 0 radical (unpaired) electrons. The van der Waals surface area contributed by atoms with Crippen molar-refractivity contribution in [3.8, 4) is 5.75 Å². The predicted molar refractivity (Wildman–Crippen MR) is 70.5 cm³/mol. The number of rotatable bonds is 3. The van der Waals surface area contributed by atoms with E-state index in [4.69, 9.17) is 4.74 Å². The first-order valence-corrected chi connectivity index (χ1v) is 6.05. The summed E-state index contributed by atoms with van der Waals surface area (Å²) < 4.78 is 19.4. The number of ketones is 1. The van der Waals surface area contributed by atoms with Gasteiger partial charge in [0, 0.05) is 16.1 Å². The minimum atomic E-state index is -0.584. The molecule has 0 unspecified atom stereocenters. The van der Waals surface area contributed by atoms with E-state index in [1.165, 1.54) is 19.2 Å². The van der Waals surface area contributed by atoms with E-state index in [1.54, 1.807) is 30.3 Å². The Morgan fingerprint density at radius 3 is 2.61 bits per heavy atom. The van der Waals surface area contributed by atoms with Crippen molar-refractivity contribution < 1.29 is 13.9 Å². The quantitative estimate of drug-likeness (QED) is 0.806. The van der Waals surface area contributed by atoms with Crippen molar-refractivity contribution >= 4 is 21.7 Å². The molecule has 2 rings (SSSR count). The number of halogens is 2. The molecule has 2 aromatic rings. The van der Waals surface area contributed by atoms with Crippen molar-refractivity contribution in [2.24, 2.45) is 0 Å². The molecule has 0 saturated heterocycles. The average molecular weight is 309 g/mol. The smallest absolute Gasteiger partial charge is 0.196 e. The molecular formula is C14H10BrFO2. The minimum Gasteiger partial charge on any atom is -0.497 e. The molecule has 0 saturated carbocycles. The van der Waals surface area contributed by atoms with Gasteiger partial charge in [0.15, 0.2) is 5.78 Å². The highest BCUT2D eigenvalue weighted by Gasteiger charge is 2.14. The van der Waals surface area contributed by atoms with Gasteiger partial charge in [-0.3, -0.25) is 4.79 Å². The van der Waals surface area contributed by atoms with Gasteiger partial charge < -0.3 is 4.74 Å². The molecule has 0 atom stereocenters. The van der Waals surface area contributed by atoms with E-state index < -0.39 is 5.82 Å². The van der Waals surface area contributed by atoms with Crippen LogP contribution < -0.4 is 4.74 Å². The number of hydrogen-bond acceptors (Lipinski definition) is 2. The van der Waals surface area contributed by atoms with E-state index in [1.807, 2.05) is 0 Å². The molecule has 0 aliphatic rings. The fourth-order valence-corrected chi connectivity index (χ4v) is 1.99. The zero-order valence-electron chi connectivity index (χ0n) is 9.61. The predicted octanol–water partition coefficient (Wildman–Crippen LogP) is 3.83. The molecule has 0 aliphatic carbocycles. The van der Waals surface area contributed by atoms with Crippen LogP contribution in [-0.2, 0) is 0 Å². The zero-order valence-corrected chi connectivity index (χ0v) is 11.2. The van der Waals surface area contributed by atoms with Crippen LogP contribution in [0.25, 0.3) is 0 Å². The van der Waals surface area contributed by atoms with E-state index in [0.29, 0.717) is 11.3 Å². The summed E-state index contributed by atoms with van der Waals surface area (Å²) in [6.45, 7) is 0. The zero-order chi connectivity index (χ0) is 13.1. The molecule has 0 fully saturated rings. The largest absolute Gasteiger partial charge is 0.497 e. The number of carbonyl (C=O) groups excluding carboxylic acids is 1. The Labute approximate surface area is 113 Å². The van der Waals surface area contributed by atoms with E-state index in [-0.39, 0.29) is 11.3 Å². The normalized spacial score (nSPS) is 10.2. The monoisotopic (exact) mass is 308 g/mol. The molecule has 0 bridgehead atoms. The highest BCUT2D eigenvalue weighted by atomic mass is 79.9. The van der Waals surface area contributed by atoms with Crippen LogP contribution in [0.2, 0.25) is 0 Å². The first-order valence-electron chi connectivity index (χ1n) is 5.25. The number of benzene rings is 2. The maximum atomic E-state index is 13.8. The number of carbonyl (C=O) groups is 1. The molecule has 92 valence electrons. The molecule has 0 heterocycles. The van der Waals surface area contributed by atoms with Gasteiger partial charge in [0.1, 0.15) is 11.6 Å². The van der Waals surface area contributed by atoms with Gasteiger partial charge in [-0.05, 0) is 24.3 Å². The third-order valence-corrected chi connectivity index (χ3v) is 3.00. The SMILES string of the molecule is COc1ccc(C(=O)c2cccc(Br)c2)c(F)c1. The lowest BCUT2D eigenvalue weighted by molar-refractivity contribution is 0.103. The summed E-state index contributed by atoms with van der Waals surface area (Å²) in [5, 5.41) is 0. The summed E-state index contributed by atoms with van der Waals surface area (Å²) in [4.78, 5) is 12.1. The van der Waals surface area contributed by atoms with Crippen LogP contribution >= 0.6 is 15.9 Å². The van der Waals surface area contributed by atoms with Crippen molar-refractivity contribution in [2.75, 3.05) is 7.11 Å². The third-order valence-electron chi connectivity index (χ3n) is 2.51. The lowest BCUT2D eigenvalue weighted by Gasteiger charge is -2.05. The average Bonchev–Trinajstić information content (AvgIpc) is 2.37. The molecule has 2 nitrogen and oxygen atoms in total. The van der Waals surface area contributed by atoms with Crippen LogP contribution in [0.4, 0.5) is 4.39 Å². The second kappa shape index (κ2) is 5.31. The van der Waals surface area contributed by atoms with Gasteiger partial charge in [-0.15, -0.1) is 0 Å². The number of ether oxygens (including phenoxy) is 1. The summed E-state index contributed by atoms with van der Waals surface area (Å²) in [6.07, 6.45) is 0. The Hall–Kier alpha value is -1.68. The van der Waals surface area contributed by atoms with Crippen LogP contribution in [0.5, 0.6) is 5.75 Å². The molecule has 0 aliphatic heterocycles. The van der Waals surface area contributed by atoms with Gasteiger partial charge in [-0.2, -0.15) is 0 Å². The first kappa shape index (κ1) is 12.8. The molecule has 0 N–H and O–H groups in total. The van der Waals surface area contributed by atoms with Crippen LogP contribution in [0.3, 0.4) is 0 Å². The van der Waals surface area contributed by atoms with Crippen molar-refractivity contribution in [3.63, 3.8) is 0 Å². The highest BCUT2D eigenvalue weighted by molar-refractivity contribution is 9.10. The van der Waals surface area contributed by atoms with Gasteiger partial charge >= 0.3 is 0 Å². The Morgan fingerprint density at radius 2 is 2.00 bits per heavy atom. The molecule has 2 aromatic carbocycles. The number of hydrogen-bond donors (Lipinski definition) is 0. The maximum Gasteiger partial charge on any atom is 0.196 e. The van der Waals surface area contributed by atoms with Crippen LogP contribution in [0, 0.1) is 5.82 Å². The van der Waals surface area contributed by atoms with Gasteiger partial charge in [-0.25, -0.2) is 4.39 Å². The summed E-state index contributed by atoms with van der Waals surface area (Å²) in [5.41, 5.74) is 0.474. The molecule has 0 aromatic heterocycles. The van der Waals surface area contributed by atoms with Gasteiger partial charge in [0.05, 0.1) is 12.7 Å². The van der Waals surface area contributed by atoms with Gasteiger partial charge in [-0.1, -0.05) is 28.1 Å². The minimum absolute atomic E-state index is 0.0360. The standard InChI is InChI=1S/C14H10BrFO2/c1-18-11-5-6-12(13(16)8-11)14(17)9-3-2-4-10(15)7-9/h2-8H,1H3. The summed E-state index contributed by atoms with van der Waals surface area (Å²) >= 11 is 3.28. The summed E-state index contributed by atoms with van der Waals surface area (Å²) in [7, 11) is 1.45.